The first-order chi connectivity index (χ1) is 9.47. The number of hydrogen-bond acceptors (Lipinski definition) is 4. The molecule has 0 saturated carbocycles. The van der Waals surface area contributed by atoms with Crippen molar-refractivity contribution < 1.29 is 9.50 Å². The fourth-order valence-corrected chi connectivity index (χ4v) is 2.18. The fraction of sp³-hybridized carbons (Fsp3) is 0.429. The van der Waals surface area contributed by atoms with Gasteiger partial charge in [-0.05, 0) is 37.2 Å². The van der Waals surface area contributed by atoms with Crippen LogP contribution in [0, 0.1) is 12.7 Å². The van der Waals surface area contributed by atoms with E-state index in [2.05, 4.69) is 10.1 Å². The van der Waals surface area contributed by atoms with Crippen LogP contribution in [0.5, 0.6) is 0 Å². The van der Waals surface area contributed by atoms with Gasteiger partial charge in [-0.2, -0.15) is 5.10 Å². The van der Waals surface area contributed by atoms with Gasteiger partial charge in [0.2, 0.25) is 0 Å². The molecule has 1 atom stereocenters. The largest absolute Gasteiger partial charge is 0.387 e. The molecule has 0 aliphatic rings. The Hall–Kier alpha value is -1.79. The van der Waals surface area contributed by atoms with E-state index in [1.165, 1.54) is 18.5 Å². The van der Waals surface area contributed by atoms with Crippen molar-refractivity contribution in [1.82, 2.24) is 19.7 Å². The Balaban J connectivity index is 2.00. The Bertz CT molecular complexity index is 584. The monoisotopic (exact) mass is 278 g/mol. The lowest BCUT2D eigenvalue weighted by molar-refractivity contribution is 0.121. The van der Waals surface area contributed by atoms with Crippen LogP contribution in [0.2, 0.25) is 0 Å². The quantitative estimate of drug-likeness (QED) is 0.899. The number of likely N-dealkylation sites (N-methyl/N-ethyl adjacent to an activating group) is 1. The molecule has 5 nitrogen and oxygen atoms in total. The Morgan fingerprint density at radius 2 is 2.20 bits per heavy atom. The molecule has 1 unspecified atom stereocenters. The highest BCUT2D eigenvalue weighted by molar-refractivity contribution is 5.28. The first kappa shape index (κ1) is 14.6. The summed E-state index contributed by atoms with van der Waals surface area (Å²) in [5.41, 5.74) is 1.50. The van der Waals surface area contributed by atoms with Crippen molar-refractivity contribution in [2.24, 2.45) is 7.05 Å². The van der Waals surface area contributed by atoms with Gasteiger partial charge < -0.3 is 5.11 Å². The summed E-state index contributed by atoms with van der Waals surface area (Å²) in [4.78, 5) is 6.10. The van der Waals surface area contributed by atoms with Gasteiger partial charge in [-0.3, -0.25) is 9.58 Å². The van der Waals surface area contributed by atoms with Gasteiger partial charge in [0, 0.05) is 13.6 Å². The fourth-order valence-electron chi connectivity index (χ4n) is 2.18. The van der Waals surface area contributed by atoms with E-state index in [-0.39, 0.29) is 5.82 Å². The third kappa shape index (κ3) is 3.40. The summed E-state index contributed by atoms with van der Waals surface area (Å²) in [5.74, 6) is 0.543. The Labute approximate surface area is 117 Å². The van der Waals surface area contributed by atoms with Crippen LogP contribution in [-0.2, 0) is 13.6 Å². The number of nitrogens with zero attached hydrogens (tertiary/aromatic N) is 4. The minimum absolute atomic E-state index is 0.286. The molecule has 2 aromatic rings. The standard InChI is InChI=1S/C14H19FN4O/c1-10-6-11(15)4-5-12(10)13(20)7-18(2)8-14-16-9-17-19(14)3/h4-6,9,13,20H,7-8H2,1-3H3. The van der Waals surface area contributed by atoms with E-state index >= 15 is 0 Å². The van der Waals surface area contributed by atoms with E-state index in [0.29, 0.717) is 13.1 Å². The molecule has 0 fully saturated rings. The first-order valence-corrected chi connectivity index (χ1v) is 6.43. The zero-order valence-corrected chi connectivity index (χ0v) is 11.9. The van der Waals surface area contributed by atoms with Gasteiger partial charge in [0.05, 0.1) is 12.6 Å². The first-order valence-electron chi connectivity index (χ1n) is 6.43. The number of benzene rings is 1. The van der Waals surface area contributed by atoms with Crippen LogP contribution < -0.4 is 0 Å². The molecule has 0 radical (unpaired) electrons. The molecule has 0 aliphatic heterocycles. The van der Waals surface area contributed by atoms with Gasteiger partial charge in [0.25, 0.3) is 0 Å². The van der Waals surface area contributed by atoms with Crippen molar-refractivity contribution in [2.75, 3.05) is 13.6 Å². The minimum atomic E-state index is -0.658. The number of rotatable bonds is 5. The van der Waals surface area contributed by atoms with Gasteiger partial charge in [-0.25, -0.2) is 9.37 Å². The molecular formula is C14H19FN4O. The summed E-state index contributed by atoms with van der Waals surface area (Å²) < 4.78 is 14.8. The SMILES string of the molecule is Cc1cc(F)ccc1C(O)CN(C)Cc1ncnn1C. The predicted molar refractivity (Wildman–Crippen MR) is 73.4 cm³/mol. The van der Waals surface area contributed by atoms with E-state index in [1.807, 2.05) is 19.0 Å². The maximum Gasteiger partial charge on any atom is 0.140 e. The lowest BCUT2D eigenvalue weighted by Crippen LogP contribution is -2.26. The van der Waals surface area contributed by atoms with Crippen molar-refractivity contribution >= 4 is 0 Å². The summed E-state index contributed by atoms with van der Waals surface area (Å²) in [6.45, 7) is 2.83. The third-order valence-electron chi connectivity index (χ3n) is 3.29. The van der Waals surface area contributed by atoms with E-state index < -0.39 is 6.10 Å². The van der Waals surface area contributed by atoms with Gasteiger partial charge in [-0.1, -0.05) is 6.07 Å². The molecule has 0 spiro atoms. The van der Waals surface area contributed by atoms with E-state index in [4.69, 9.17) is 0 Å². The summed E-state index contributed by atoms with van der Waals surface area (Å²) in [6, 6.07) is 4.43. The highest BCUT2D eigenvalue weighted by Crippen LogP contribution is 2.19. The highest BCUT2D eigenvalue weighted by Gasteiger charge is 2.15. The second-order valence-electron chi connectivity index (χ2n) is 5.01. The van der Waals surface area contributed by atoms with Crippen molar-refractivity contribution in [3.05, 3.63) is 47.3 Å². The van der Waals surface area contributed by atoms with Gasteiger partial charge in [-0.15, -0.1) is 0 Å². The summed E-state index contributed by atoms with van der Waals surface area (Å²) in [5, 5.41) is 14.3. The average molecular weight is 278 g/mol. The van der Waals surface area contributed by atoms with Crippen molar-refractivity contribution in [3.8, 4) is 0 Å². The lowest BCUT2D eigenvalue weighted by atomic mass is 10.0. The zero-order valence-electron chi connectivity index (χ0n) is 11.9. The summed E-state index contributed by atoms with van der Waals surface area (Å²) in [6.07, 6.45) is 0.845. The van der Waals surface area contributed by atoms with Crippen LogP contribution in [0.3, 0.4) is 0 Å². The molecule has 108 valence electrons. The smallest absolute Gasteiger partial charge is 0.140 e. The van der Waals surface area contributed by atoms with Crippen molar-refractivity contribution in [1.29, 1.82) is 0 Å². The van der Waals surface area contributed by atoms with Gasteiger partial charge in [0.15, 0.2) is 0 Å². The molecule has 0 saturated heterocycles. The second-order valence-corrected chi connectivity index (χ2v) is 5.01. The number of aromatic nitrogens is 3. The topological polar surface area (TPSA) is 54.2 Å². The predicted octanol–water partition coefficient (Wildman–Crippen LogP) is 1.43. The Morgan fingerprint density at radius 3 is 2.80 bits per heavy atom. The minimum Gasteiger partial charge on any atom is -0.387 e. The number of aliphatic hydroxyl groups excluding tert-OH is 1. The molecule has 1 heterocycles. The number of aryl methyl sites for hydroxylation is 2. The van der Waals surface area contributed by atoms with Crippen LogP contribution in [0.25, 0.3) is 0 Å². The number of hydrogen-bond donors (Lipinski definition) is 1. The van der Waals surface area contributed by atoms with Crippen LogP contribution in [0.15, 0.2) is 24.5 Å². The highest BCUT2D eigenvalue weighted by atomic mass is 19.1. The molecular weight excluding hydrogens is 259 g/mol. The maximum atomic E-state index is 13.1. The van der Waals surface area contributed by atoms with E-state index in [0.717, 1.165) is 17.0 Å². The molecule has 1 N–H and O–H groups in total. The van der Waals surface area contributed by atoms with E-state index in [1.54, 1.807) is 17.7 Å². The van der Waals surface area contributed by atoms with Crippen LogP contribution in [0.4, 0.5) is 4.39 Å². The van der Waals surface area contributed by atoms with Crippen molar-refractivity contribution in [2.45, 2.75) is 19.6 Å². The Kier molecular flexibility index (Phi) is 4.46. The molecule has 0 bridgehead atoms. The molecule has 20 heavy (non-hydrogen) atoms. The molecule has 0 aliphatic carbocycles. The van der Waals surface area contributed by atoms with Crippen LogP contribution in [0.1, 0.15) is 23.1 Å². The zero-order chi connectivity index (χ0) is 14.7. The van der Waals surface area contributed by atoms with Crippen molar-refractivity contribution in [3.63, 3.8) is 0 Å². The summed E-state index contributed by atoms with van der Waals surface area (Å²) >= 11 is 0. The Morgan fingerprint density at radius 1 is 1.45 bits per heavy atom. The van der Waals surface area contributed by atoms with Gasteiger partial charge in [0.1, 0.15) is 18.0 Å². The normalized spacial score (nSPS) is 12.9. The van der Waals surface area contributed by atoms with Crippen LogP contribution in [-0.4, -0.2) is 38.4 Å². The lowest BCUT2D eigenvalue weighted by Gasteiger charge is -2.21. The van der Waals surface area contributed by atoms with E-state index in [9.17, 15) is 9.50 Å². The van der Waals surface area contributed by atoms with Crippen LogP contribution >= 0.6 is 0 Å². The average Bonchev–Trinajstić information content (AvgIpc) is 2.74. The van der Waals surface area contributed by atoms with Gasteiger partial charge >= 0.3 is 0 Å². The summed E-state index contributed by atoms with van der Waals surface area (Å²) in [7, 11) is 3.73. The number of aliphatic hydroxyl groups is 1. The molecule has 1 aromatic carbocycles. The molecule has 6 heteroatoms. The second kappa shape index (κ2) is 6.11. The number of halogens is 1. The molecule has 1 aromatic heterocycles. The molecule has 2 rings (SSSR count). The molecule has 0 amide bonds. The third-order valence-corrected chi connectivity index (χ3v) is 3.29. The maximum absolute atomic E-state index is 13.1.